The SMILES string of the molecule is CNc1ccc(Oc2ccc3nccnc3n2)cc1. The second-order valence-corrected chi connectivity index (χ2v) is 3.93. The highest BCUT2D eigenvalue weighted by Crippen LogP contribution is 2.22. The van der Waals surface area contributed by atoms with Gasteiger partial charge in [0.1, 0.15) is 11.3 Å². The van der Waals surface area contributed by atoms with Crippen molar-refractivity contribution < 1.29 is 4.74 Å². The number of rotatable bonds is 3. The summed E-state index contributed by atoms with van der Waals surface area (Å²) in [4.78, 5) is 12.6. The molecule has 0 radical (unpaired) electrons. The van der Waals surface area contributed by atoms with Crippen LogP contribution < -0.4 is 10.1 Å². The highest BCUT2D eigenvalue weighted by Gasteiger charge is 2.02. The first-order valence-corrected chi connectivity index (χ1v) is 5.88. The maximum absolute atomic E-state index is 5.68. The van der Waals surface area contributed by atoms with Crippen LogP contribution in [0.2, 0.25) is 0 Å². The summed E-state index contributed by atoms with van der Waals surface area (Å²) in [5, 5.41) is 3.05. The molecule has 0 bridgehead atoms. The predicted molar refractivity (Wildman–Crippen MR) is 73.4 cm³/mol. The number of fused-ring (bicyclic) bond motifs is 1. The third kappa shape index (κ3) is 2.44. The fourth-order valence-corrected chi connectivity index (χ4v) is 1.70. The van der Waals surface area contributed by atoms with Crippen LogP contribution in [-0.2, 0) is 0 Å². The lowest BCUT2D eigenvalue weighted by Gasteiger charge is -2.06. The maximum Gasteiger partial charge on any atom is 0.221 e. The molecule has 0 aliphatic carbocycles. The Kier molecular flexibility index (Phi) is 2.94. The lowest BCUT2D eigenvalue weighted by Crippen LogP contribution is -1.92. The molecule has 3 aromatic rings. The minimum atomic E-state index is 0.505. The number of hydrogen-bond donors (Lipinski definition) is 1. The molecular weight excluding hydrogens is 240 g/mol. The number of ether oxygens (including phenoxy) is 1. The van der Waals surface area contributed by atoms with Crippen LogP contribution in [0.1, 0.15) is 0 Å². The van der Waals surface area contributed by atoms with E-state index in [-0.39, 0.29) is 0 Å². The van der Waals surface area contributed by atoms with E-state index in [4.69, 9.17) is 4.74 Å². The number of pyridine rings is 1. The molecule has 0 aliphatic heterocycles. The van der Waals surface area contributed by atoms with Gasteiger partial charge >= 0.3 is 0 Å². The third-order valence-corrected chi connectivity index (χ3v) is 2.67. The second kappa shape index (κ2) is 4.89. The average Bonchev–Trinajstić information content (AvgIpc) is 2.48. The van der Waals surface area contributed by atoms with Gasteiger partial charge in [-0.15, -0.1) is 0 Å². The van der Waals surface area contributed by atoms with Gasteiger partial charge in [-0.05, 0) is 30.3 Å². The Balaban J connectivity index is 1.87. The molecule has 1 aromatic carbocycles. The van der Waals surface area contributed by atoms with Gasteiger partial charge in [-0.3, -0.25) is 4.98 Å². The molecule has 0 spiro atoms. The molecule has 2 heterocycles. The van der Waals surface area contributed by atoms with Gasteiger partial charge in [0.05, 0.1) is 0 Å². The molecule has 19 heavy (non-hydrogen) atoms. The van der Waals surface area contributed by atoms with Crippen molar-refractivity contribution in [2.24, 2.45) is 0 Å². The molecular formula is C14H12N4O. The van der Waals surface area contributed by atoms with E-state index < -0.39 is 0 Å². The van der Waals surface area contributed by atoms with Crippen LogP contribution in [0.15, 0.2) is 48.8 Å². The Morgan fingerprint density at radius 2 is 1.74 bits per heavy atom. The van der Waals surface area contributed by atoms with E-state index >= 15 is 0 Å². The first kappa shape index (κ1) is 11.4. The number of anilines is 1. The number of benzene rings is 1. The molecule has 0 saturated carbocycles. The quantitative estimate of drug-likeness (QED) is 0.776. The molecule has 0 unspecified atom stereocenters. The van der Waals surface area contributed by atoms with Gasteiger partial charge < -0.3 is 10.1 Å². The average molecular weight is 252 g/mol. The summed E-state index contributed by atoms with van der Waals surface area (Å²) in [6.45, 7) is 0. The van der Waals surface area contributed by atoms with E-state index in [1.807, 2.05) is 37.4 Å². The Morgan fingerprint density at radius 3 is 2.53 bits per heavy atom. The summed E-state index contributed by atoms with van der Waals surface area (Å²) in [5.74, 6) is 1.24. The van der Waals surface area contributed by atoms with Gasteiger partial charge in [0.15, 0.2) is 5.65 Å². The third-order valence-electron chi connectivity index (χ3n) is 2.67. The number of aromatic nitrogens is 3. The molecule has 5 heteroatoms. The molecule has 1 N–H and O–H groups in total. The van der Waals surface area contributed by atoms with Crippen molar-refractivity contribution >= 4 is 16.9 Å². The molecule has 94 valence electrons. The van der Waals surface area contributed by atoms with Crippen LogP contribution in [-0.4, -0.2) is 22.0 Å². The van der Waals surface area contributed by atoms with E-state index in [0.29, 0.717) is 11.5 Å². The summed E-state index contributed by atoms with van der Waals surface area (Å²) in [6, 6.07) is 11.3. The maximum atomic E-state index is 5.68. The van der Waals surface area contributed by atoms with Gasteiger partial charge in [-0.2, -0.15) is 4.98 Å². The van der Waals surface area contributed by atoms with E-state index in [1.54, 1.807) is 18.5 Å². The van der Waals surface area contributed by atoms with E-state index in [0.717, 1.165) is 17.0 Å². The summed E-state index contributed by atoms with van der Waals surface area (Å²) >= 11 is 0. The van der Waals surface area contributed by atoms with Crippen LogP contribution in [0.5, 0.6) is 11.6 Å². The van der Waals surface area contributed by atoms with Gasteiger partial charge in [-0.1, -0.05) is 0 Å². The zero-order valence-corrected chi connectivity index (χ0v) is 10.4. The van der Waals surface area contributed by atoms with Gasteiger partial charge in [-0.25, -0.2) is 4.98 Å². The van der Waals surface area contributed by atoms with Crippen LogP contribution in [0.4, 0.5) is 5.69 Å². The summed E-state index contributed by atoms with van der Waals surface area (Å²) in [5.41, 5.74) is 2.36. The van der Waals surface area contributed by atoms with Crippen molar-refractivity contribution in [3.05, 3.63) is 48.8 Å². The Morgan fingerprint density at radius 1 is 0.947 bits per heavy atom. The molecule has 0 fully saturated rings. The lowest BCUT2D eigenvalue weighted by molar-refractivity contribution is 0.465. The topological polar surface area (TPSA) is 59.9 Å². The zero-order chi connectivity index (χ0) is 13.1. The van der Waals surface area contributed by atoms with Crippen molar-refractivity contribution in [3.8, 4) is 11.6 Å². The number of nitrogens with one attached hydrogen (secondary N) is 1. The first-order valence-electron chi connectivity index (χ1n) is 5.88. The van der Waals surface area contributed by atoms with Crippen molar-refractivity contribution in [1.82, 2.24) is 15.0 Å². The van der Waals surface area contributed by atoms with Crippen molar-refractivity contribution in [2.45, 2.75) is 0 Å². The van der Waals surface area contributed by atoms with Crippen molar-refractivity contribution in [2.75, 3.05) is 12.4 Å². The highest BCUT2D eigenvalue weighted by atomic mass is 16.5. The first-order chi connectivity index (χ1) is 9.35. The van der Waals surface area contributed by atoms with E-state index in [2.05, 4.69) is 20.3 Å². The fraction of sp³-hybridized carbons (Fsp3) is 0.0714. The van der Waals surface area contributed by atoms with Gasteiger partial charge in [0, 0.05) is 31.2 Å². The minimum absolute atomic E-state index is 0.505. The molecule has 0 amide bonds. The number of nitrogens with zero attached hydrogens (tertiary/aromatic N) is 3. The van der Waals surface area contributed by atoms with Crippen molar-refractivity contribution in [3.63, 3.8) is 0 Å². The smallest absolute Gasteiger partial charge is 0.221 e. The Hall–Kier alpha value is -2.69. The molecule has 0 saturated heterocycles. The monoisotopic (exact) mass is 252 g/mol. The molecule has 0 atom stereocenters. The fourth-order valence-electron chi connectivity index (χ4n) is 1.70. The largest absolute Gasteiger partial charge is 0.439 e. The normalized spacial score (nSPS) is 10.4. The predicted octanol–water partition coefficient (Wildman–Crippen LogP) is 2.86. The summed E-state index contributed by atoms with van der Waals surface area (Å²) < 4.78 is 5.68. The van der Waals surface area contributed by atoms with Crippen LogP contribution in [0.25, 0.3) is 11.2 Å². The summed E-state index contributed by atoms with van der Waals surface area (Å²) in [7, 11) is 1.87. The molecule has 2 aromatic heterocycles. The standard InChI is InChI=1S/C14H12N4O/c1-15-10-2-4-11(5-3-10)19-13-7-6-12-14(18-13)17-9-8-16-12/h2-9,15H,1H3. The van der Waals surface area contributed by atoms with E-state index in [9.17, 15) is 0 Å². The van der Waals surface area contributed by atoms with Crippen molar-refractivity contribution in [1.29, 1.82) is 0 Å². The Labute approximate surface area is 110 Å². The highest BCUT2D eigenvalue weighted by molar-refractivity contribution is 5.69. The van der Waals surface area contributed by atoms with Crippen LogP contribution >= 0.6 is 0 Å². The van der Waals surface area contributed by atoms with Crippen LogP contribution in [0, 0.1) is 0 Å². The molecule has 0 aliphatic rings. The van der Waals surface area contributed by atoms with Gasteiger partial charge in [0.25, 0.3) is 0 Å². The van der Waals surface area contributed by atoms with Crippen LogP contribution in [0.3, 0.4) is 0 Å². The Bertz CT molecular complexity index is 697. The van der Waals surface area contributed by atoms with E-state index in [1.165, 1.54) is 0 Å². The summed E-state index contributed by atoms with van der Waals surface area (Å²) in [6.07, 6.45) is 3.25. The minimum Gasteiger partial charge on any atom is -0.439 e. The number of hydrogen-bond acceptors (Lipinski definition) is 5. The zero-order valence-electron chi connectivity index (χ0n) is 10.4. The second-order valence-electron chi connectivity index (χ2n) is 3.93. The molecule has 3 rings (SSSR count). The molecule has 5 nitrogen and oxygen atoms in total. The van der Waals surface area contributed by atoms with Gasteiger partial charge in [0.2, 0.25) is 5.88 Å². The lowest BCUT2D eigenvalue weighted by atomic mass is 10.3.